The molecule has 3 aromatic heterocycles. The maximum absolute atomic E-state index is 12.9. The van der Waals surface area contributed by atoms with E-state index in [4.69, 9.17) is 27.6 Å². The summed E-state index contributed by atoms with van der Waals surface area (Å²) in [6.07, 6.45) is 4.76. The number of pyridine rings is 1. The first-order valence-corrected chi connectivity index (χ1v) is 12.6. The zero-order valence-corrected chi connectivity index (χ0v) is 21.7. The molecule has 4 heterocycles. The second kappa shape index (κ2) is 10.8. The van der Waals surface area contributed by atoms with Gasteiger partial charge in [0.1, 0.15) is 11.6 Å². The lowest BCUT2D eigenvalue weighted by Gasteiger charge is -2.30. The maximum atomic E-state index is 12.9. The van der Waals surface area contributed by atoms with Crippen molar-refractivity contribution in [2.45, 2.75) is 25.7 Å². The van der Waals surface area contributed by atoms with Gasteiger partial charge in [0, 0.05) is 37.0 Å². The number of nitrogens with zero attached hydrogens (tertiary/aromatic N) is 6. The summed E-state index contributed by atoms with van der Waals surface area (Å²) in [5, 5.41) is 11.9. The van der Waals surface area contributed by atoms with Gasteiger partial charge in [-0.05, 0) is 56.0 Å². The van der Waals surface area contributed by atoms with E-state index in [-0.39, 0.29) is 34.2 Å². The zero-order chi connectivity index (χ0) is 27.5. The van der Waals surface area contributed by atoms with E-state index in [1.54, 1.807) is 46.7 Å². The van der Waals surface area contributed by atoms with Crippen LogP contribution in [0, 0.1) is 23.2 Å². The Bertz CT molecular complexity index is 1710. The van der Waals surface area contributed by atoms with Gasteiger partial charge in [0.05, 0.1) is 33.4 Å². The van der Waals surface area contributed by atoms with Crippen molar-refractivity contribution < 1.29 is 9.59 Å². The van der Waals surface area contributed by atoms with Gasteiger partial charge >= 0.3 is 0 Å². The molecule has 5 rings (SSSR count). The number of nitriles is 1. The summed E-state index contributed by atoms with van der Waals surface area (Å²) in [6.45, 7) is 2.80. The van der Waals surface area contributed by atoms with E-state index in [0.717, 1.165) is 24.1 Å². The minimum absolute atomic E-state index is 0.0101. The van der Waals surface area contributed by atoms with Crippen molar-refractivity contribution in [1.82, 2.24) is 24.3 Å². The number of hydrogen-bond acceptors (Lipinski definition) is 7. The van der Waals surface area contributed by atoms with Crippen LogP contribution < -0.4 is 11.1 Å². The highest BCUT2D eigenvalue weighted by atomic mass is 35.5. The number of amides is 2. The van der Waals surface area contributed by atoms with Gasteiger partial charge in [-0.25, -0.2) is 15.0 Å². The number of fused-ring (bicyclic) bond motifs is 1. The van der Waals surface area contributed by atoms with Crippen LogP contribution in [0.15, 0.2) is 48.8 Å². The molecule has 1 saturated heterocycles. The van der Waals surface area contributed by atoms with Crippen LogP contribution in [-0.4, -0.2) is 49.2 Å². The fourth-order valence-corrected chi connectivity index (χ4v) is 5.01. The maximum Gasteiger partial charge on any atom is 0.298 e. The summed E-state index contributed by atoms with van der Waals surface area (Å²) >= 11 is 6.55. The molecule has 1 fully saturated rings. The number of carbonyl (C=O) groups is 2. The lowest BCUT2D eigenvalue weighted by molar-refractivity contribution is -0.126. The number of nitrogens with one attached hydrogen (secondary N) is 1. The molecular weight excluding hydrogens is 516 g/mol. The largest absolute Gasteiger partial charge is 0.369 e. The SMILES string of the molecule is CC#CC(=O)N1CCCC(c2nc(-c3ccc(C(=O)Nc4cc(C#N)ccn4)c(Cl)c3)n3c(N)nccc23)C1. The summed E-state index contributed by atoms with van der Waals surface area (Å²) in [5.74, 6) is 5.65. The van der Waals surface area contributed by atoms with Crippen molar-refractivity contribution in [3.8, 4) is 29.3 Å². The van der Waals surface area contributed by atoms with Crippen LogP contribution in [0.4, 0.5) is 11.8 Å². The van der Waals surface area contributed by atoms with Gasteiger partial charge in [0.15, 0.2) is 0 Å². The first-order chi connectivity index (χ1) is 18.9. The Morgan fingerprint density at radius 1 is 1.18 bits per heavy atom. The van der Waals surface area contributed by atoms with Gasteiger partial charge < -0.3 is 16.0 Å². The third-order valence-electron chi connectivity index (χ3n) is 6.54. The number of nitrogen functional groups attached to an aromatic ring is 1. The predicted octanol–water partition coefficient (Wildman–Crippen LogP) is 3.88. The molecule has 39 heavy (non-hydrogen) atoms. The van der Waals surface area contributed by atoms with Crippen molar-refractivity contribution in [1.29, 1.82) is 5.26 Å². The van der Waals surface area contributed by atoms with Crippen LogP contribution in [0.1, 0.15) is 47.3 Å². The minimum Gasteiger partial charge on any atom is -0.369 e. The fraction of sp³-hybridized carbons (Fsp3) is 0.214. The van der Waals surface area contributed by atoms with E-state index in [1.165, 1.54) is 12.3 Å². The minimum atomic E-state index is -0.467. The lowest BCUT2D eigenvalue weighted by atomic mass is 9.94. The number of carbonyl (C=O) groups excluding carboxylic acids is 2. The first-order valence-electron chi connectivity index (χ1n) is 12.2. The summed E-state index contributed by atoms with van der Waals surface area (Å²) in [6, 6.07) is 11.9. The lowest BCUT2D eigenvalue weighted by Crippen LogP contribution is -2.38. The van der Waals surface area contributed by atoms with Crippen LogP contribution in [0.3, 0.4) is 0 Å². The number of nitrogens with two attached hydrogens (primary N) is 1. The van der Waals surface area contributed by atoms with Crippen molar-refractivity contribution in [3.05, 3.63) is 70.6 Å². The Morgan fingerprint density at radius 3 is 2.77 bits per heavy atom. The molecule has 1 aliphatic heterocycles. The second-order valence-electron chi connectivity index (χ2n) is 9.00. The number of imidazole rings is 1. The average Bonchev–Trinajstić information content (AvgIpc) is 3.34. The summed E-state index contributed by atoms with van der Waals surface area (Å²) < 4.78 is 1.75. The Hall–Kier alpha value is -4.93. The molecule has 3 N–H and O–H groups in total. The monoisotopic (exact) mass is 538 g/mol. The molecule has 4 aromatic rings. The Morgan fingerprint density at radius 2 is 2.00 bits per heavy atom. The number of likely N-dealkylation sites (tertiary alicyclic amines) is 1. The number of piperidine rings is 1. The Kier molecular flexibility index (Phi) is 7.13. The van der Waals surface area contributed by atoms with Crippen LogP contribution in [0.5, 0.6) is 0 Å². The van der Waals surface area contributed by atoms with E-state index < -0.39 is 5.91 Å². The fourth-order valence-electron chi connectivity index (χ4n) is 4.74. The molecule has 1 aromatic carbocycles. The van der Waals surface area contributed by atoms with Gasteiger partial charge in [-0.15, -0.1) is 0 Å². The second-order valence-corrected chi connectivity index (χ2v) is 9.41. The number of anilines is 2. The number of aromatic nitrogens is 4. The van der Waals surface area contributed by atoms with E-state index in [9.17, 15) is 9.59 Å². The van der Waals surface area contributed by atoms with Gasteiger partial charge in [-0.2, -0.15) is 5.26 Å². The average molecular weight is 539 g/mol. The summed E-state index contributed by atoms with van der Waals surface area (Å²) in [7, 11) is 0. The molecule has 0 radical (unpaired) electrons. The van der Waals surface area contributed by atoms with Gasteiger partial charge in [0.25, 0.3) is 11.8 Å². The molecule has 1 aliphatic rings. The molecule has 11 heteroatoms. The van der Waals surface area contributed by atoms with E-state index in [0.29, 0.717) is 30.0 Å². The van der Waals surface area contributed by atoms with Gasteiger partial charge in [-0.3, -0.25) is 14.0 Å². The van der Waals surface area contributed by atoms with E-state index in [1.807, 2.05) is 12.1 Å². The molecule has 0 saturated carbocycles. The first kappa shape index (κ1) is 25.7. The van der Waals surface area contributed by atoms with Crippen LogP contribution in [0.2, 0.25) is 5.02 Å². The molecular formula is C28H23ClN8O2. The zero-order valence-electron chi connectivity index (χ0n) is 21.0. The third kappa shape index (κ3) is 5.11. The molecule has 0 spiro atoms. The summed E-state index contributed by atoms with van der Waals surface area (Å²) in [5.41, 5.74) is 9.13. The van der Waals surface area contributed by atoms with E-state index in [2.05, 4.69) is 27.1 Å². The van der Waals surface area contributed by atoms with Crippen molar-refractivity contribution in [2.24, 2.45) is 0 Å². The molecule has 10 nitrogen and oxygen atoms in total. The van der Waals surface area contributed by atoms with Crippen LogP contribution in [0.25, 0.3) is 16.9 Å². The quantitative estimate of drug-likeness (QED) is 0.375. The Labute approximate surface area is 229 Å². The van der Waals surface area contributed by atoms with Gasteiger partial charge in [-0.1, -0.05) is 23.6 Å². The Balaban J connectivity index is 1.48. The molecule has 0 bridgehead atoms. The number of halogens is 1. The van der Waals surface area contributed by atoms with Crippen molar-refractivity contribution >= 4 is 40.7 Å². The van der Waals surface area contributed by atoms with Gasteiger partial charge in [0.2, 0.25) is 5.95 Å². The van der Waals surface area contributed by atoms with Crippen LogP contribution in [-0.2, 0) is 4.79 Å². The topological polar surface area (TPSA) is 142 Å². The predicted molar refractivity (Wildman–Crippen MR) is 147 cm³/mol. The number of benzene rings is 1. The summed E-state index contributed by atoms with van der Waals surface area (Å²) in [4.78, 5) is 40.3. The molecule has 1 unspecified atom stereocenters. The normalized spacial score (nSPS) is 14.8. The molecule has 2 amide bonds. The highest BCUT2D eigenvalue weighted by Crippen LogP contribution is 2.34. The molecule has 194 valence electrons. The molecule has 0 aliphatic carbocycles. The van der Waals surface area contributed by atoms with E-state index >= 15 is 0 Å². The third-order valence-corrected chi connectivity index (χ3v) is 6.85. The highest BCUT2D eigenvalue weighted by Gasteiger charge is 2.29. The number of rotatable bonds is 4. The van der Waals surface area contributed by atoms with Crippen molar-refractivity contribution in [3.63, 3.8) is 0 Å². The molecule has 1 atom stereocenters. The van der Waals surface area contributed by atoms with Crippen LogP contribution >= 0.6 is 11.6 Å². The van der Waals surface area contributed by atoms with Crippen molar-refractivity contribution in [2.75, 3.05) is 24.1 Å². The standard InChI is InChI=1S/C28H23ClN8O2/c1-2-4-24(38)36-12-3-5-19(16-36)25-22-9-11-33-28(31)37(22)26(35-25)18-6-7-20(21(29)14-18)27(39)34-23-13-17(15-30)8-10-32-23/h6-11,13-14,19H,3,5,12,16H2,1H3,(H2,31,33)(H,32,34,39). The smallest absolute Gasteiger partial charge is 0.298 e. The highest BCUT2D eigenvalue weighted by molar-refractivity contribution is 6.34. The number of hydrogen-bond donors (Lipinski definition) is 2.